The Balaban J connectivity index is 1.66. The minimum Gasteiger partial charge on any atom is -0.288 e. The summed E-state index contributed by atoms with van der Waals surface area (Å²) in [4.78, 5) is 17.2. The molecule has 0 bridgehead atoms. The summed E-state index contributed by atoms with van der Waals surface area (Å²) in [5, 5.41) is 4.32. The molecule has 1 N–H and O–H groups in total. The van der Waals surface area contributed by atoms with E-state index in [-0.39, 0.29) is 17.1 Å². The number of aromatic nitrogens is 3. The van der Waals surface area contributed by atoms with Gasteiger partial charge in [0.25, 0.3) is 0 Å². The van der Waals surface area contributed by atoms with Crippen molar-refractivity contribution in [2.75, 3.05) is 10.5 Å². The predicted octanol–water partition coefficient (Wildman–Crippen LogP) is 3.92. The van der Waals surface area contributed by atoms with Crippen LogP contribution in [0.15, 0.2) is 67.0 Å². The van der Waals surface area contributed by atoms with Crippen LogP contribution in [-0.4, -0.2) is 34.6 Å². The van der Waals surface area contributed by atoms with Crippen molar-refractivity contribution in [1.29, 1.82) is 0 Å². The van der Waals surface area contributed by atoms with Gasteiger partial charge in [0, 0.05) is 29.4 Å². The van der Waals surface area contributed by atoms with E-state index in [2.05, 4.69) is 20.7 Å². The number of halogens is 1. The highest BCUT2D eigenvalue weighted by Gasteiger charge is 2.18. The van der Waals surface area contributed by atoms with Crippen LogP contribution in [0, 0.1) is 18.2 Å². The number of nitrogens with zero attached hydrogens (tertiary/aromatic N) is 3. The first-order chi connectivity index (χ1) is 15.9. The molecule has 33 heavy (non-hydrogen) atoms. The summed E-state index contributed by atoms with van der Waals surface area (Å²) in [5.74, 6) is 1.59. The lowest BCUT2D eigenvalue weighted by atomic mass is 10.1. The van der Waals surface area contributed by atoms with Gasteiger partial charge in [0.1, 0.15) is 5.82 Å². The summed E-state index contributed by atoms with van der Waals surface area (Å²) in [6.45, 7) is 0. The molecule has 0 aliphatic heterocycles. The highest BCUT2D eigenvalue weighted by atomic mass is 32.2. The maximum Gasteiger partial charge on any atom is 0.232 e. The van der Waals surface area contributed by atoms with Gasteiger partial charge >= 0.3 is 0 Å². The van der Waals surface area contributed by atoms with Crippen LogP contribution < -0.4 is 4.72 Å². The lowest BCUT2D eigenvalue weighted by Crippen LogP contribution is -2.16. The smallest absolute Gasteiger partial charge is 0.232 e. The van der Waals surface area contributed by atoms with Crippen molar-refractivity contribution in [2.45, 2.75) is 12.8 Å². The number of carbonyl (C=O) groups excluding carboxylic acids is 1. The van der Waals surface area contributed by atoms with Gasteiger partial charge in [-0.3, -0.25) is 9.52 Å². The second-order valence-electron chi connectivity index (χ2n) is 7.27. The zero-order valence-electron chi connectivity index (χ0n) is 17.4. The molecule has 2 aromatic carbocycles. The third-order valence-electron chi connectivity index (χ3n) is 4.92. The summed E-state index contributed by atoms with van der Waals surface area (Å²) >= 11 is 0. The molecule has 2 aromatic heterocycles. The van der Waals surface area contributed by atoms with Crippen molar-refractivity contribution in [2.24, 2.45) is 0 Å². The number of terminal acetylenes is 1. The van der Waals surface area contributed by atoms with E-state index in [0.717, 1.165) is 0 Å². The average molecular weight is 463 g/mol. The SMILES string of the molecule is C#CCCCS(=O)(=O)Nc1cccc(-c2ccnc3c(C(=O)c4ccc(F)cc4)cnn23)c1. The Kier molecular flexibility index (Phi) is 6.20. The molecule has 0 unspecified atom stereocenters. The van der Waals surface area contributed by atoms with Gasteiger partial charge in [-0.2, -0.15) is 5.10 Å². The lowest BCUT2D eigenvalue weighted by Gasteiger charge is -2.10. The molecule has 7 nitrogen and oxygen atoms in total. The van der Waals surface area contributed by atoms with E-state index < -0.39 is 15.8 Å². The molecule has 0 fully saturated rings. The third kappa shape index (κ3) is 4.91. The minimum atomic E-state index is -3.54. The molecule has 4 rings (SSSR count). The number of hydrogen-bond donors (Lipinski definition) is 1. The first kappa shape index (κ1) is 22.2. The van der Waals surface area contributed by atoms with Crippen LogP contribution >= 0.6 is 0 Å². The van der Waals surface area contributed by atoms with Crippen LogP contribution in [0.4, 0.5) is 10.1 Å². The third-order valence-corrected chi connectivity index (χ3v) is 6.29. The molecule has 0 saturated carbocycles. The van der Waals surface area contributed by atoms with Crippen molar-refractivity contribution < 1.29 is 17.6 Å². The van der Waals surface area contributed by atoms with Crippen LogP contribution in [0.3, 0.4) is 0 Å². The van der Waals surface area contributed by atoms with Crippen LogP contribution in [0.5, 0.6) is 0 Å². The number of fused-ring (bicyclic) bond motifs is 1. The minimum absolute atomic E-state index is 0.0745. The van der Waals surface area contributed by atoms with E-state index in [1.165, 1.54) is 35.0 Å². The number of anilines is 1. The fraction of sp³-hybridized carbons (Fsp3) is 0.125. The van der Waals surface area contributed by atoms with Crippen LogP contribution in [-0.2, 0) is 10.0 Å². The van der Waals surface area contributed by atoms with Crippen LogP contribution in [0.2, 0.25) is 0 Å². The molecule has 2 heterocycles. The van der Waals surface area contributed by atoms with E-state index in [4.69, 9.17) is 6.42 Å². The Morgan fingerprint density at radius 3 is 2.70 bits per heavy atom. The highest BCUT2D eigenvalue weighted by Crippen LogP contribution is 2.25. The zero-order chi connectivity index (χ0) is 23.4. The summed E-state index contributed by atoms with van der Waals surface area (Å²) in [6.07, 6.45) is 8.90. The van der Waals surface area contributed by atoms with Gasteiger partial charge < -0.3 is 0 Å². The molecule has 4 aromatic rings. The number of carbonyl (C=O) groups is 1. The maximum atomic E-state index is 13.2. The molecule has 0 amide bonds. The molecule has 0 spiro atoms. The van der Waals surface area contributed by atoms with Crippen molar-refractivity contribution in [3.8, 4) is 23.6 Å². The van der Waals surface area contributed by atoms with Gasteiger partial charge in [-0.1, -0.05) is 12.1 Å². The van der Waals surface area contributed by atoms with E-state index in [1.807, 2.05) is 0 Å². The fourth-order valence-corrected chi connectivity index (χ4v) is 4.48. The lowest BCUT2D eigenvalue weighted by molar-refractivity contribution is 0.104. The molecular weight excluding hydrogens is 443 g/mol. The summed E-state index contributed by atoms with van der Waals surface area (Å²) in [5.41, 5.74) is 2.62. The number of hydrogen-bond acceptors (Lipinski definition) is 5. The van der Waals surface area contributed by atoms with Crippen LogP contribution in [0.1, 0.15) is 28.8 Å². The first-order valence-electron chi connectivity index (χ1n) is 10.1. The van der Waals surface area contributed by atoms with E-state index in [1.54, 1.807) is 36.5 Å². The largest absolute Gasteiger partial charge is 0.288 e. The normalized spacial score (nSPS) is 11.3. The second kappa shape index (κ2) is 9.22. The van der Waals surface area contributed by atoms with Gasteiger partial charge in [-0.25, -0.2) is 22.3 Å². The molecule has 0 radical (unpaired) electrons. The standard InChI is InChI=1S/C24H19FN4O3S/c1-2-3-4-14-33(31,32)28-20-7-5-6-18(15-20)22-12-13-26-24-21(16-27-29(22)24)23(30)17-8-10-19(25)11-9-17/h1,5-13,15-16,28H,3-4,14H2. The first-order valence-corrected chi connectivity index (χ1v) is 11.7. The Labute approximate surface area is 190 Å². The van der Waals surface area contributed by atoms with Crippen molar-refractivity contribution in [3.63, 3.8) is 0 Å². The van der Waals surface area contributed by atoms with Gasteiger partial charge in [-0.15, -0.1) is 12.3 Å². The van der Waals surface area contributed by atoms with Gasteiger partial charge in [0.15, 0.2) is 11.4 Å². The van der Waals surface area contributed by atoms with E-state index in [9.17, 15) is 17.6 Å². The number of benzene rings is 2. The quantitative estimate of drug-likeness (QED) is 0.243. The maximum absolute atomic E-state index is 13.2. The molecular formula is C24H19FN4O3S. The summed E-state index contributed by atoms with van der Waals surface area (Å²) < 4.78 is 41.9. The monoisotopic (exact) mass is 462 g/mol. The Morgan fingerprint density at radius 1 is 1.15 bits per heavy atom. The molecule has 0 aliphatic rings. The Bertz CT molecular complexity index is 1470. The topological polar surface area (TPSA) is 93.4 Å². The number of rotatable bonds is 8. The van der Waals surface area contributed by atoms with Crippen molar-refractivity contribution >= 4 is 27.1 Å². The van der Waals surface area contributed by atoms with Gasteiger partial charge in [0.05, 0.1) is 23.2 Å². The van der Waals surface area contributed by atoms with Crippen LogP contribution in [0.25, 0.3) is 16.9 Å². The number of unbranched alkanes of at least 4 members (excludes halogenated alkanes) is 1. The molecule has 0 saturated heterocycles. The number of sulfonamides is 1. The Hall–Kier alpha value is -4.03. The molecule has 0 aliphatic carbocycles. The van der Waals surface area contributed by atoms with Gasteiger partial charge in [0.2, 0.25) is 10.0 Å². The highest BCUT2D eigenvalue weighted by molar-refractivity contribution is 7.92. The predicted molar refractivity (Wildman–Crippen MR) is 124 cm³/mol. The number of nitrogens with one attached hydrogen (secondary N) is 1. The summed E-state index contributed by atoms with van der Waals surface area (Å²) in [7, 11) is -3.54. The summed E-state index contributed by atoms with van der Waals surface area (Å²) in [6, 6.07) is 13.8. The number of ketones is 1. The van der Waals surface area contributed by atoms with Crippen molar-refractivity contribution in [1.82, 2.24) is 14.6 Å². The van der Waals surface area contributed by atoms with Gasteiger partial charge in [-0.05, 0) is 48.9 Å². The molecule has 0 atom stereocenters. The van der Waals surface area contributed by atoms with E-state index >= 15 is 0 Å². The van der Waals surface area contributed by atoms with E-state index in [0.29, 0.717) is 41.0 Å². The molecule has 166 valence electrons. The fourth-order valence-electron chi connectivity index (χ4n) is 3.36. The second-order valence-corrected chi connectivity index (χ2v) is 9.11. The van der Waals surface area contributed by atoms with Crippen molar-refractivity contribution in [3.05, 3.63) is 83.9 Å². The zero-order valence-corrected chi connectivity index (χ0v) is 18.2. The average Bonchev–Trinajstić information content (AvgIpc) is 3.23. The Morgan fingerprint density at radius 2 is 1.94 bits per heavy atom. The molecule has 9 heteroatoms.